The fourth-order valence-electron chi connectivity index (χ4n) is 1.85. The first-order valence-electron chi connectivity index (χ1n) is 5.40. The third kappa shape index (κ3) is 2.63. The number of nitrogens with one attached hydrogen (secondary N) is 1. The molecule has 2 rings (SSSR count). The summed E-state index contributed by atoms with van der Waals surface area (Å²) in [5, 5.41) is 3.68. The summed E-state index contributed by atoms with van der Waals surface area (Å²) in [5.41, 5.74) is 0.251. The number of carbonyl (C=O) groups excluding carboxylic acids is 1. The van der Waals surface area contributed by atoms with Gasteiger partial charge in [0.05, 0.1) is 10.6 Å². The number of amides is 1. The Labute approximate surface area is 113 Å². The van der Waals surface area contributed by atoms with Crippen LogP contribution in [0.3, 0.4) is 0 Å². The zero-order valence-corrected chi connectivity index (χ0v) is 11.4. The smallest absolute Gasteiger partial charge is 0.251 e. The lowest BCUT2D eigenvalue weighted by atomic mass is 9.78. The molecular weight excluding hydrogens is 308 g/mol. The van der Waals surface area contributed by atoms with Gasteiger partial charge in [0.2, 0.25) is 0 Å². The van der Waals surface area contributed by atoms with Crippen LogP contribution in [-0.4, -0.2) is 16.8 Å². The van der Waals surface area contributed by atoms with Crippen molar-refractivity contribution in [1.82, 2.24) is 5.32 Å². The number of halogens is 3. The minimum atomic E-state index is -0.512. The molecule has 0 unspecified atom stereocenters. The highest BCUT2D eigenvalue weighted by Crippen LogP contribution is 2.33. The molecular formula is C12H12BrClFNO. The van der Waals surface area contributed by atoms with Gasteiger partial charge in [-0.2, -0.15) is 0 Å². The van der Waals surface area contributed by atoms with E-state index in [1.807, 2.05) is 0 Å². The Balaban J connectivity index is 2.11. The van der Waals surface area contributed by atoms with Crippen LogP contribution in [-0.2, 0) is 0 Å². The number of benzene rings is 1. The Hall–Kier alpha value is -0.610. The minimum absolute atomic E-state index is 0.0286. The van der Waals surface area contributed by atoms with Gasteiger partial charge in [0.15, 0.2) is 0 Å². The van der Waals surface area contributed by atoms with E-state index in [0.29, 0.717) is 5.56 Å². The van der Waals surface area contributed by atoms with Gasteiger partial charge in [-0.25, -0.2) is 4.39 Å². The van der Waals surface area contributed by atoms with Gasteiger partial charge < -0.3 is 5.32 Å². The van der Waals surface area contributed by atoms with Crippen molar-refractivity contribution in [2.75, 3.05) is 5.33 Å². The van der Waals surface area contributed by atoms with Gasteiger partial charge >= 0.3 is 0 Å². The van der Waals surface area contributed by atoms with E-state index in [-0.39, 0.29) is 16.5 Å². The average Bonchev–Trinajstić information content (AvgIpc) is 2.27. The van der Waals surface area contributed by atoms with Crippen LogP contribution in [0.1, 0.15) is 29.6 Å². The Morgan fingerprint density at radius 1 is 1.53 bits per heavy atom. The highest BCUT2D eigenvalue weighted by atomic mass is 79.9. The predicted molar refractivity (Wildman–Crippen MR) is 69.3 cm³/mol. The third-order valence-electron chi connectivity index (χ3n) is 3.13. The van der Waals surface area contributed by atoms with Crippen molar-refractivity contribution in [2.45, 2.75) is 24.8 Å². The zero-order chi connectivity index (χ0) is 12.5. The number of carbonyl (C=O) groups is 1. The normalized spacial score (nSPS) is 17.4. The number of hydrogen-bond donors (Lipinski definition) is 1. The molecule has 1 saturated carbocycles. The quantitative estimate of drug-likeness (QED) is 0.848. The molecule has 1 aromatic rings. The van der Waals surface area contributed by atoms with Crippen molar-refractivity contribution in [3.05, 3.63) is 34.6 Å². The standard InChI is InChI=1S/C12H12BrClFNO/c13-7-12(4-1-5-12)16-11(17)8-2-3-10(15)9(14)6-8/h2-3,6H,1,4-5,7H2,(H,16,17). The van der Waals surface area contributed by atoms with Gasteiger partial charge in [-0.3, -0.25) is 4.79 Å². The van der Waals surface area contributed by atoms with E-state index < -0.39 is 5.82 Å². The molecule has 0 atom stereocenters. The summed E-state index contributed by atoms with van der Waals surface area (Å²) in [4.78, 5) is 12.0. The lowest BCUT2D eigenvalue weighted by Crippen LogP contribution is -2.54. The van der Waals surface area contributed by atoms with E-state index >= 15 is 0 Å². The maximum atomic E-state index is 13.0. The van der Waals surface area contributed by atoms with Gasteiger partial charge in [-0.15, -0.1) is 0 Å². The first kappa shape index (κ1) is 12.8. The van der Waals surface area contributed by atoms with Crippen molar-refractivity contribution in [3.8, 4) is 0 Å². The molecule has 1 aliphatic rings. The Bertz CT molecular complexity index is 443. The zero-order valence-electron chi connectivity index (χ0n) is 9.10. The molecule has 1 amide bonds. The molecule has 92 valence electrons. The molecule has 0 saturated heterocycles. The highest BCUT2D eigenvalue weighted by Gasteiger charge is 2.37. The van der Waals surface area contributed by atoms with Crippen LogP contribution in [0.4, 0.5) is 4.39 Å². The maximum absolute atomic E-state index is 13.0. The van der Waals surface area contributed by atoms with E-state index in [4.69, 9.17) is 11.6 Å². The molecule has 1 fully saturated rings. The summed E-state index contributed by atoms with van der Waals surface area (Å²) >= 11 is 9.06. The molecule has 1 aliphatic carbocycles. The van der Waals surface area contributed by atoms with E-state index in [1.165, 1.54) is 18.2 Å². The van der Waals surface area contributed by atoms with E-state index in [2.05, 4.69) is 21.2 Å². The second kappa shape index (κ2) is 4.94. The van der Waals surface area contributed by atoms with Crippen LogP contribution in [0.25, 0.3) is 0 Å². The van der Waals surface area contributed by atoms with Gasteiger partial charge in [0, 0.05) is 10.9 Å². The van der Waals surface area contributed by atoms with Gasteiger partial charge in [-0.05, 0) is 37.5 Å². The second-order valence-electron chi connectivity index (χ2n) is 4.35. The van der Waals surface area contributed by atoms with E-state index in [0.717, 1.165) is 24.6 Å². The molecule has 0 heterocycles. The second-order valence-corrected chi connectivity index (χ2v) is 5.32. The summed E-state index contributed by atoms with van der Waals surface area (Å²) in [6, 6.07) is 4.00. The fraction of sp³-hybridized carbons (Fsp3) is 0.417. The Morgan fingerprint density at radius 3 is 2.71 bits per heavy atom. The van der Waals surface area contributed by atoms with Crippen LogP contribution in [0.5, 0.6) is 0 Å². The average molecular weight is 321 g/mol. The molecule has 5 heteroatoms. The lowest BCUT2D eigenvalue weighted by Gasteiger charge is -2.41. The largest absolute Gasteiger partial charge is 0.346 e. The van der Waals surface area contributed by atoms with E-state index in [9.17, 15) is 9.18 Å². The maximum Gasteiger partial charge on any atom is 0.251 e. The highest BCUT2D eigenvalue weighted by molar-refractivity contribution is 9.09. The summed E-state index contributed by atoms with van der Waals surface area (Å²) in [5.74, 6) is -0.715. The lowest BCUT2D eigenvalue weighted by molar-refractivity contribution is 0.0856. The predicted octanol–water partition coefficient (Wildman–Crippen LogP) is 3.53. The van der Waals surface area contributed by atoms with Crippen molar-refractivity contribution in [3.63, 3.8) is 0 Å². The number of alkyl halides is 1. The van der Waals surface area contributed by atoms with Gasteiger partial charge in [0.25, 0.3) is 5.91 Å². The molecule has 0 aromatic heterocycles. The molecule has 2 nitrogen and oxygen atoms in total. The summed E-state index contributed by atoms with van der Waals surface area (Å²) in [6.45, 7) is 0. The van der Waals surface area contributed by atoms with Crippen molar-refractivity contribution >= 4 is 33.4 Å². The van der Waals surface area contributed by atoms with Crippen LogP contribution in [0.2, 0.25) is 5.02 Å². The van der Waals surface area contributed by atoms with Crippen LogP contribution >= 0.6 is 27.5 Å². The minimum Gasteiger partial charge on any atom is -0.346 e. The molecule has 0 bridgehead atoms. The molecule has 1 aromatic carbocycles. The summed E-state index contributed by atoms with van der Waals surface area (Å²) in [7, 11) is 0. The first-order chi connectivity index (χ1) is 8.06. The molecule has 0 radical (unpaired) electrons. The number of rotatable bonds is 3. The van der Waals surface area contributed by atoms with Gasteiger partial charge in [0.1, 0.15) is 5.82 Å². The molecule has 1 N–H and O–H groups in total. The van der Waals surface area contributed by atoms with Crippen molar-refractivity contribution in [2.24, 2.45) is 0 Å². The topological polar surface area (TPSA) is 29.1 Å². The summed E-state index contributed by atoms with van der Waals surface area (Å²) < 4.78 is 13.0. The summed E-state index contributed by atoms with van der Waals surface area (Å²) in [6.07, 6.45) is 3.06. The van der Waals surface area contributed by atoms with Crippen molar-refractivity contribution in [1.29, 1.82) is 0 Å². The van der Waals surface area contributed by atoms with Gasteiger partial charge in [-0.1, -0.05) is 27.5 Å². The van der Waals surface area contributed by atoms with E-state index in [1.54, 1.807) is 0 Å². The monoisotopic (exact) mass is 319 g/mol. The van der Waals surface area contributed by atoms with Crippen molar-refractivity contribution < 1.29 is 9.18 Å². The fourth-order valence-corrected chi connectivity index (χ4v) is 2.73. The van der Waals surface area contributed by atoms with Crippen LogP contribution in [0, 0.1) is 5.82 Å². The Kier molecular flexibility index (Phi) is 3.73. The number of hydrogen-bond acceptors (Lipinski definition) is 1. The SMILES string of the molecule is O=C(NC1(CBr)CCC1)c1ccc(F)c(Cl)c1. The molecule has 17 heavy (non-hydrogen) atoms. The third-order valence-corrected chi connectivity index (χ3v) is 4.49. The molecule has 0 aliphatic heterocycles. The Morgan fingerprint density at radius 2 is 2.24 bits per heavy atom. The molecule has 0 spiro atoms. The van der Waals surface area contributed by atoms with Crippen LogP contribution < -0.4 is 5.32 Å². The van der Waals surface area contributed by atoms with Crippen LogP contribution in [0.15, 0.2) is 18.2 Å². The first-order valence-corrected chi connectivity index (χ1v) is 6.90.